The maximum Gasteiger partial charge on any atom is 0.249 e. The number of carbonyl (C=O) groups excluding carboxylic acids is 2. The van der Waals surface area contributed by atoms with Crippen LogP contribution in [0.15, 0.2) is 0 Å². The van der Waals surface area contributed by atoms with E-state index in [0.717, 1.165) is 44.9 Å². The minimum Gasteiger partial charge on any atom is -0.340 e. The minimum atomic E-state index is -0.579. The van der Waals surface area contributed by atoms with Crippen molar-refractivity contribution in [3.8, 4) is 0 Å². The SMILES string of the molecule is CCCC(CC)N1C(=O)C2(CCCC2)NC(=O)C1C. The molecule has 2 fully saturated rings. The zero-order chi connectivity index (χ0) is 14.0. The summed E-state index contributed by atoms with van der Waals surface area (Å²) in [5, 5.41) is 3.01. The van der Waals surface area contributed by atoms with Crippen LogP contribution >= 0.6 is 0 Å². The second kappa shape index (κ2) is 5.51. The van der Waals surface area contributed by atoms with Crippen molar-refractivity contribution in [2.45, 2.75) is 83.3 Å². The Morgan fingerprint density at radius 1 is 1.32 bits per heavy atom. The standard InChI is InChI=1S/C15H26N2O2/c1-4-8-12(5-2)17-11(3)13(18)16-15(14(17)19)9-6-7-10-15/h11-12H,4-10H2,1-3H3,(H,16,18). The molecule has 2 amide bonds. The van der Waals surface area contributed by atoms with Crippen LogP contribution in [0.2, 0.25) is 0 Å². The quantitative estimate of drug-likeness (QED) is 0.848. The van der Waals surface area contributed by atoms with Gasteiger partial charge in [0.1, 0.15) is 11.6 Å². The van der Waals surface area contributed by atoms with Gasteiger partial charge in [-0.3, -0.25) is 9.59 Å². The molecule has 19 heavy (non-hydrogen) atoms. The van der Waals surface area contributed by atoms with Gasteiger partial charge in [0.05, 0.1) is 0 Å². The third kappa shape index (κ3) is 2.37. The summed E-state index contributed by atoms with van der Waals surface area (Å²) in [6.45, 7) is 6.09. The summed E-state index contributed by atoms with van der Waals surface area (Å²) < 4.78 is 0. The van der Waals surface area contributed by atoms with Gasteiger partial charge in [0.15, 0.2) is 0 Å². The summed E-state index contributed by atoms with van der Waals surface area (Å²) in [4.78, 5) is 27.0. The molecular formula is C15H26N2O2. The van der Waals surface area contributed by atoms with E-state index in [1.165, 1.54) is 0 Å². The Morgan fingerprint density at radius 2 is 1.95 bits per heavy atom. The number of hydrogen-bond donors (Lipinski definition) is 1. The molecule has 1 spiro atoms. The Balaban J connectivity index is 2.28. The van der Waals surface area contributed by atoms with E-state index in [9.17, 15) is 9.59 Å². The highest BCUT2D eigenvalue weighted by molar-refractivity contribution is 6.00. The molecule has 0 aromatic heterocycles. The van der Waals surface area contributed by atoms with E-state index in [1.807, 2.05) is 11.8 Å². The number of carbonyl (C=O) groups is 2. The average molecular weight is 266 g/mol. The maximum absolute atomic E-state index is 12.9. The van der Waals surface area contributed by atoms with Gasteiger partial charge in [-0.05, 0) is 32.6 Å². The first-order valence-corrected chi connectivity index (χ1v) is 7.70. The predicted molar refractivity (Wildman–Crippen MR) is 74.6 cm³/mol. The number of amides is 2. The summed E-state index contributed by atoms with van der Waals surface area (Å²) in [7, 11) is 0. The number of piperazine rings is 1. The van der Waals surface area contributed by atoms with E-state index in [0.29, 0.717) is 0 Å². The Hall–Kier alpha value is -1.06. The van der Waals surface area contributed by atoms with Gasteiger partial charge in [0.2, 0.25) is 11.8 Å². The van der Waals surface area contributed by atoms with Gasteiger partial charge in [0, 0.05) is 6.04 Å². The lowest BCUT2D eigenvalue weighted by atomic mass is 9.89. The van der Waals surface area contributed by atoms with Gasteiger partial charge >= 0.3 is 0 Å². The van der Waals surface area contributed by atoms with E-state index < -0.39 is 5.54 Å². The van der Waals surface area contributed by atoms with Crippen molar-refractivity contribution < 1.29 is 9.59 Å². The molecule has 1 heterocycles. The first-order valence-electron chi connectivity index (χ1n) is 7.70. The van der Waals surface area contributed by atoms with E-state index in [4.69, 9.17) is 0 Å². The fourth-order valence-corrected chi connectivity index (χ4v) is 3.62. The van der Waals surface area contributed by atoms with E-state index in [-0.39, 0.29) is 23.9 Å². The molecule has 1 saturated heterocycles. The van der Waals surface area contributed by atoms with Crippen LogP contribution in [-0.2, 0) is 9.59 Å². The van der Waals surface area contributed by atoms with Gasteiger partial charge in [-0.25, -0.2) is 0 Å². The highest BCUT2D eigenvalue weighted by Gasteiger charge is 2.52. The van der Waals surface area contributed by atoms with Crippen molar-refractivity contribution in [1.29, 1.82) is 0 Å². The van der Waals surface area contributed by atoms with Gasteiger partial charge in [-0.1, -0.05) is 33.1 Å². The van der Waals surface area contributed by atoms with Crippen LogP contribution in [0, 0.1) is 0 Å². The van der Waals surface area contributed by atoms with Gasteiger partial charge in [-0.15, -0.1) is 0 Å². The van der Waals surface area contributed by atoms with Crippen molar-refractivity contribution in [2.75, 3.05) is 0 Å². The topological polar surface area (TPSA) is 49.4 Å². The summed E-state index contributed by atoms with van der Waals surface area (Å²) in [6, 6.07) is -0.119. The van der Waals surface area contributed by atoms with Crippen LogP contribution in [0.25, 0.3) is 0 Å². The smallest absolute Gasteiger partial charge is 0.249 e. The second-order valence-corrected chi connectivity index (χ2v) is 6.02. The molecule has 0 radical (unpaired) electrons. The van der Waals surface area contributed by atoms with Crippen LogP contribution in [-0.4, -0.2) is 34.3 Å². The molecule has 2 rings (SSSR count). The molecule has 1 aliphatic heterocycles. The number of nitrogens with one attached hydrogen (secondary N) is 1. The van der Waals surface area contributed by atoms with Gasteiger partial charge < -0.3 is 10.2 Å². The Bertz CT molecular complexity index is 361. The van der Waals surface area contributed by atoms with Crippen LogP contribution in [0.5, 0.6) is 0 Å². The fourth-order valence-electron chi connectivity index (χ4n) is 3.62. The minimum absolute atomic E-state index is 0.0241. The Morgan fingerprint density at radius 3 is 2.47 bits per heavy atom. The zero-order valence-electron chi connectivity index (χ0n) is 12.4. The fraction of sp³-hybridized carbons (Fsp3) is 0.867. The highest BCUT2D eigenvalue weighted by Crippen LogP contribution is 2.36. The predicted octanol–water partition coefficient (Wildman–Crippen LogP) is 2.22. The number of nitrogens with zero attached hydrogens (tertiary/aromatic N) is 1. The first-order chi connectivity index (χ1) is 9.05. The molecular weight excluding hydrogens is 240 g/mol. The molecule has 4 heteroatoms. The molecule has 2 aliphatic rings. The van der Waals surface area contributed by atoms with Gasteiger partial charge in [-0.2, -0.15) is 0 Å². The van der Waals surface area contributed by atoms with Gasteiger partial charge in [0.25, 0.3) is 0 Å². The van der Waals surface area contributed by atoms with Crippen LogP contribution in [0.4, 0.5) is 0 Å². The van der Waals surface area contributed by atoms with E-state index in [1.54, 1.807) is 0 Å². The van der Waals surface area contributed by atoms with Crippen molar-refractivity contribution in [3.05, 3.63) is 0 Å². The number of hydrogen-bond acceptors (Lipinski definition) is 2. The number of rotatable bonds is 4. The lowest BCUT2D eigenvalue weighted by Crippen LogP contribution is -2.70. The lowest BCUT2D eigenvalue weighted by molar-refractivity contribution is -0.157. The first kappa shape index (κ1) is 14.4. The molecule has 0 aromatic carbocycles. The van der Waals surface area contributed by atoms with E-state index in [2.05, 4.69) is 19.2 Å². The largest absolute Gasteiger partial charge is 0.340 e. The summed E-state index contributed by atoms with van der Waals surface area (Å²) in [5.74, 6) is 0.188. The van der Waals surface area contributed by atoms with Crippen LogP contribution < -0.4 is 5.32 Å². The lowest BCUT2D eigenvalue weighted by Gasteiger charge is -2.46. The van der Waals surface area contributed by atoms with Crippen LogP contribution in [0.3, 0.4) is 0 Å². The monoisotopic (exact) mass is 266 g/mol. The average Bonchev–Trinajstić information content (AvgIpc) is 2.85. The molecule has 2 unspecified atom stereocenters. The van der Waals surface area contributed by atoms with E-state index >= 15 is 0 Å². The normalized spacial score (nSPS) is 27.7. The molecule has 2 atom stereocenters. The van der Waals surface area contributed by atoms with Crippen molar-refractivity contribution >= 4 is 11.8 Å². The second-order valence-electron chi connectivity index (χ2n) is 6.02. The molecule has 4 nitrogen and oxygen atoms in total. The molecule has 1 N–H and O–H groups in total. The molecule has 108 valence electrons. The molecule has 0 aromatic rings. The van der Waals surface area contributed by atoms with Crippen molar-refractivity contribution in [1.82, 2.24) is 10.2 Å². The zero-order valence-corrected chi connectivity index (χ0v) is 12.4. The molecule has 0 bridgehead atoms. The Kier molecular flexibility index (Phi) is 4.16. The molecule has 1 saturated carbocycles. The summed E-state index contributed by atoms with van der Waals surface area (Å²) >= 11 is 0. The third-order valence-electron chi connectivity index (χ3n) is 4.75. The third-order valence-corrected chi connectivity index (χ3v) is 4.75. The molecule has 1 aliphatic carbocycles. The summed E-state index contributed by atoms with van der Waals surface area (Å²) in [5.41, 5.74) is -0.579. The van der Waals surface area contributed by atoms with Crippen molar-refractivity contribution in [3.63, 3.8) is 0 Å². The summed E-state index contributed by atoms with van der Waals surface area (Å²) in [6.07, 6.45) is 6.65. The van der Waals surface area contributed by atoms with Crippen LogP contribution in [0.1, 0.15) is 65.7 Å². The highest BCUT2D eigenvalue weighted by atomic mass is 16.2. The Labute approximate surface area is 115 Å². The van der Waals surface area contributed by atoms with Crippen molar-refractivity contribution in [2.24, 2.45) is 0 Å². The maximum atomic E-state index is 12.9.